The van der Waals surface area contributed by atoms with Crippen molar-refractivity contribution in [3.8, 4) is 5.75 Å². The average molecular weight is 286 g/mol. The van der Waals surface area contributed by atoms with Crippen molar-refractivity contribution in [1.29, 1.82) is 0 Å². The van der Waals surface area contributed by atoms with Crippen LogP contribution in [0.4, 0.5) is 4.39 Å². The second kappa shape index (κ2) is 6.70. The fourth-order valence-corrected chi connectivity index (χ4v) is 1.88. The third-order valence-corrected chi connectivity index (χ3v) is 2.94. The summed E-state index contributed by atoms with van der Waals surface area (Å²) >= 11 is 0. The van der Waals surface area contributed by atoms with Crippen molar-refractivity contribution in [1.82, 2.24) is 0 Å². The van der Waals surface area contributed by atoms with Gasteiger partial charge >= 0.3 is 5.97 Å². The fourth-order valence-electron chi connectivity index (χ4n) is 1.88. The van der Waals surface area contributed by atoms with Gasteiger partial charge in [0.1, 0.15) is 18.2 Å². The Labute approximate surface area is 122 Å². The Kier molecular flexibility index (Phi) is 4.72. The molecule has 0 saturated carbocycles. The van der Waals surface area contributed by atoms with E-state index in [0.29, 0.717) is 11.3 Å². The number of carboxylic acids is 1. The number of ether oxygens (including phenoxy) is 1. The van der Waals surface area contributed by atoms with Gasteiger partial charge in [0.05, 0.1) is 0 Å². The standard InChI is InChI=1S/C17H15FO3/c1-12(9-17(19)20)14-5-7-16(8-6-14)21-11-13-3-2-4-15(18)10-13/h2-10H,11H2,1H3,(H,19,20). The molecule has 0 spiro atoms. The molecule has 3 nitrogen and oxygen atoms in total. The molecule has 0 atom stereocenters. The highest BCUT2D eigenvalue weighted by Crippen LogP contribution is 2.19. The van der Waals surface area contributed by atoms with Crippen molar-refractivity contribution in [2.24, 2.45) is 0 Å². The lowest BCUT2D eigenvalue weighted by Crippen LogP contribution is -1.96. The number of carbonyl (C=O) groups is 1. The maximum Gasteiger partial charge on any atom is 0.328 e. The molecule has 2 aromatic carbocycles. The van der Waals surface area contributed by atoms with Gasteiger partial charge in [-0.3, -0.25) is 0 Å². The van der Waals surface area contributed by atoms with Gasteiger partial charge < -0.3 is 9.84 Å². The number of hydrogen-bond donors (Lipinski definition) is 1. The van der Waals surface area contributed by atoms with Crippen LogP contribution in [0, 0.1) is 5.82 Å². The van der Waals surface area contributed by atoms with Crippen molar-refractivity contribution in [2.75, 3.05) is 0 Å². The number of rotatable bonds is 5. The van der Waals surface area contributed by atoms with E-state index < -0.39 is 5.97 Å². The molecule has 0 fully saturated rings. The topological polar surface area (TPSA) is 46.5 Å². The molecule has 0 radical (unpaired) electrons. The zero-order valence-corrected chi connectivity index (χ0v) is 11.5. The number of hydrogen-bond acceptors (Lipinski definition) is 2. The minimum atomic E-state index is -0.973. The zero-order valence-electron chi connectivity index (χ0n) is 11.5. The summed E-state index contributed by atoms with van der Waals surface area (Å²) < 4.78 is 18.6. The first kappa shape index (κ1) is 14.8. The average Bonchev–Trinajstić information content (AvgIpc) is 2.45. The summed E-state index contributed by atoms with van der Waals surface area (Å²) in [4.78, 5) is 10.6. The van der Waals surface area contributed by atoms with E-state index in [9.17, 15) is 9.18 Å². The van der Waals surface area contributed by atoms with Crippen LogP contribution in [-0.4, -0.2) is 11.1 Å². The van der Waals surface area contributed by atoms with Gasteiger partial charge in [0.2, 0.25) is 0 Å². The van der Waals surface area contributed by atoms with E-state index in [0.717, 1.165) is 17.2 Å². The van der Waals surface area contributed by atoms with E-state index in [1.54, 1.807) is 43.3 Å². The van der Waals surface area contributed by atoms with Crippen LogP contribution in [0.25, 0.3) is 5.57 Å². The molecule has 0 bridgehead atoms. The Balaban J connectivity index is 2.01. The number of halogens is 1. The number of allylic oxidation sites excluding steroid dienone is 1. The molecule has 2 aromatic rings. The van der Waals surface area contributed by atoms with Gasteiger partial charge in [-0.1, -0.05) is 24.3 Å². The maximum atomic E-state index is 13.0. The lowest BCUT2D eigenvalue weighted by molar-refractivity contribution is -0.131. The summed E-state index contributed by atoms with van der Waals surface area (Å²) in [5.74, 6) is -0.619. The molecule has 0 aliphatic carbocycles. The summed E-state index contributed by atoms with van der Waals surface area (Å²) in [7, 11) is 0. The van der Waals surface area contributed by atoms with Gasteiger partial charge in [-0.25, -0.2) is 9.18 Å². The van der Waals surface area contributed by atoms with Gasteiger partial charge in [0.15, 0.2) is 0 Å². The van der Waals surface area contributed by atoms with Crippen molar-refractivity contribution < 1.29 is 19.0 Å². The molecule has 0 aromatic heterocycles. The van der Waals surface area contributed by atoms with Gasteiger partial charge in [0.25, 0.3) is 0 Å². The van der Waals surface area contributed by atoms with E-state index in [1.165, 1.54) is 12.1 Å². The molecule has 0 unspecified atom stereocenters. The van der Waals surface area contributed by atoms with E-state index in [4.69, 9.17) is 9.84 Å². The SMILES string of the molecule is CC(=CC(=O)O)c1ccc(OCc2cccc(F)c2)cc1. The first-order chi connectivity index (χ1) is 10.0. The summed E-state index contributed by atoms with van der Waals surface area (Å²) in [6, 6.07) is 13.3. The van der Waals surface area contributed by atoms with Gasteiger partial charge in [-0.15, -0.1) is 0 Å². The molecular weight excluding hydrogens is 271 g/mol. The summed E-state index contributed by atoms with van der Waals surface area (Å²) in [5.41, 5.74) is 2.23. The molecule has 0 aliphatic heterocycles. The Morgan fingerprint density at radius 2 is 1.95 bits per heavy atom. The minimum Gasteiger partial charge on any atom is -0.489 e. The normalized spacial score (nSPS) is 11.2. The second-order valence-corrected chi connectivity index (χ2v) is 4.61. The molecular formula is C17H15FO3. The molecule has 2 rings (SSSR count). The summed E-state index contributed by atoms with van der Waals surface area (Å²) in [6.07, 6.45) is 1.16. The quantitative estimate of drug-likeness (QED) is 0.848. The number of carboxylic acid groups (broad SMARTS) is 1. The molecule has 0 heterocycles. The number of benzene rings is 2. The third-order valence-electron chi connectivity index (χ3n) is 2.94. The van der Waals surface area contributed by atoms with E-state index >= 15 is 0 Å². The van der Waals surface area contributed by atoms with Crippen LogP contribution in [0.5, 0.6) is 5.75 Å². The highest BCUT2D eigenvalue weighted by atomic mass is 19.1. The van der Waals surface area contributed by atoms with Crippen LogP contribution in [0.2, 0.25) is 0 Å². The molecule has 108 valence electrons. The van der Waals surface area contributed by atoms with Crippen molar-refractivity contribution in [3.05, 3.63) is 71.6 Å². The fraction of sp³-hybridized carbons (Fsp3) is 0.118. The van der Waals surface area contributed by atoms with Crippen molar-refractivity contribution >= 4 is 11.5 Å². The predicted molar refractivity (Wildman–Crippen MR) is 78.5 cm³/mol. The van der Waals surface area contributed by atoms with Gasteiger partial charge in [0, 0.05) is 6.08 Å². The smallest absolute Gasteiger partial charge is 0.328 e. The number of aliphatic carboxylic acids is 1. The van der Waals surface area contributed by atoms with Gasteiger partial charge in [-0.2, -0.15) is 0 Å². The summed E-state index contributed by atoms with van der Waals surface area (Å²) in [5, 5.41) is 8.70. The maximum absolute atomic E-state index is 13.0. The Morgan fingerprint density at radius 1 is 1.24 bits per heavy atom. The molecule has 0 amide bonds. The van der Waals surface area contributed by atoms with Crippen LogP contribution < -0.4 is 4.74 Å². The largest absolute Gasteiger partial charge is 0.489 e. The van der Waals surface area contributed by atoms with Gasteiger partial charge in [-0.05, 0) is 47.9 Å². The Hall–Kier alpha value is -2.62. The lowest BCUT2D eigenvalue weighted by atomic mass is 10.1. The lowest BCUT2D eigenvalue weighted by Gasteiger charge is -2.07. The first-order valence-corrected chi connectivity index (χ1v) is 6.43. The van der Waals surface area contributed by atoms with Crippen molar-refractivity contribution in [3.63, 3.8) is 0 Å². The molecule has 1 N–H and O–H groups in total. The molecule has 4 heteroatoms. The van der Waals surface area contributed by atoms with E-state index in [-0.39, 0.29) is 12.4 Å². The van der Waals surface area contributed by atoms with Crippen LogP contribution >= 0.6 is 0 Å². The van der Waals surface area contributed by atoms with Crippen LogP contribution in [-0.2, 0) is 11.4 Å². The third kappa shape index (κ3) is 4.45. The van der Waals surface area contributed by atoms with Crippen LogP contribution in [0.1, 0.15) is 18.1 Å². The Morgan fingerprint density at radius 3 is 2.57 bits per heavy atom. The summed E-state index contributed by atoms with van der Waals surface area (Å²) in [6.45, 7) is 2.01. The van der Waals surface area contributed by atoms with E-state index in [2.05, 4.69) is 0 Å². The molecule has 0 saturated heterocycles. The minimum absolute atomic E-state index is 0.279. The highest BCUT2D eigenvalue weighted by molar-refractivity contribution is 5.89. The molecule has 0 aliphatic rings. The second-order valence-electron chi connectivity index (χ2n) is 4.61. The highest BCUT2D eigenvalue weighted by Gasteiger charge is 2.01. The zero-order chi connectivity index (χ0) is 15.2. The predicted octanol–water partition coefficient (Wildman–Crippen LogP) is 3.89. The van der Waals surface area contributed by atoms with E-state index in [1.807, 2.05) is 0 Å². The monoisotopic (exact) mass is 286 g/mol. The van der Waals surface area contributed by atoms with Crippen molar-refractivity contribution in [2.45, 2.75) is 13.5 Å². The molecule has 21 heavy (non-hydrogen) atoms. The van der Waals surface area contributed by atoms with Crippen LogP contribution in [0.3, 0.4) is 0 Å². The van der Waals surface area contributed by atoms with Crippen LogP contribution in [0.15, 0.2) is 54.6 Å². The Bertz CT molecular complexity index is 660. The first-order valence-electron chi connectivity index (χ1n) is 6.43.